The molecule has 1 aromatic carbocycles. The normalized spacial score (nSPS) is 11.4. The molecule has 0 heterocycles. The molecule has 1 rings (SSSR count). The first-order valence-corrected chi connectivity index (χ1v) is 21.4. The average Bonchev–Trinajstić information content (AvgIpc) is 3.03. The molecule has 0 aliphatic heterocycles. The Labute approximate surface area is 292 Å². The van der Waals surface area contributed by atoms with E-state index in [1.165, 1.54) is 228 Å². The summed E-state index contributed by atoms with van der Waals surface area (Å²) in [5.41, 5.74) is 1.44. The van der Waals surface area contributed by atoms with Gasteiger partial charge in [-0.1, -0.05) is 206 Å². The van der Waals surface area contributed by atoms with Crippen LogP contribution in [-0.2, 0) is 0 Å². The summed E-state index contributed by atoms with van der Waals surface area (Å²) in [6.07, 6.45) is 46.2. The van der Waals surface area contributed by atoms with E-state index in [2.05, 4.69) is 65.6 Å². The smallest absolute Gasteiger partial charge is 0.0366 e. The van der Waals surface area contributed by atoms with Crippen LogP contribution >= 0.6 is 22.6 Å². The number of rotatable bonds is 35. The summed E-state index contributed by atoms with van der Waals surface area (Å²) in [4.78, 5) is 2.68. The van der Waals surface area contributed by atoms with Crippen molar-refractivity contribution >= 4 is 28.3 Å². The fraction of sp³-hybridized carbons (Fsp3) is 0.857. The fourth-order valence-corrected chi connectivity index (χ4v) is 7.08. The molecule has 44 heavy (non-hydrogen) atoms. The van der Waals surface area contributed by atoms with E-state index < -0.39 is 0 Å². The van der Waals surface area contributed by atoms with Crippen LogP contribution in [0.1, 0.15) is 219 Å². The summed E-state index contributed by atoms with van der Waals surface area (Å²) in [6, 6.07) is 9.26. The van der Waals surface area contributed by atoms with Crippen molar-refractivity contribution in [1.29, 1.82) is 0 Å². The summed E-state index contributed by atoms with van der Waals surface area (Å²) in [5, 5.41) is 0. The quantitative estimate of drug-likeness (QED) is 0.0498. The lowest BCUT2D eigenvalue weighted by molar-refractivity contribution is 0.524. The van der Waals surface area contributed by atoms with Gasteiger partial charge in [-0.3, -0.25) is 0 Å². The molecule has 1 nitrogen and oxygen atoms in total. The third kappa shape index (κ3) is 28.0. The van der Waals surface area contributed by atoms with E-state index in [1.54, 1.807) is 0 Å². The summed E-state index contributed by atoms with van der Waals surface area (Å²) < 4.78 is 1.34. The summed E-state index contributed by atoms with van der Waals surface area (Å²) in [7, 11) is 0. The van der Waals surface area contributed by atoms with Crippen LogP contribution < -0.4 is 4.90 Å². The van der Waals surface area contributed by atoms with Crippen molar-refractivity contribution in [2.24, 2.45) is 0 Å². The van der Waals surface area contributed by atoms with Gasteiger partial charge in [0.1, 0.15) is 0 Å². The molecule has 0 aromatic heterocycles. The Kier molecular flexibility index (Phi) is 32.4. The van der Waals surface area contributed by atoms with Crippen molar-refractivity contribution in [3.63, 3.8) is 0 Å². The van der Waals surface area contributed by atoms with E-state index in [-0.39, 0.29) is 0 Å². The molecule has 2 heteroatoms. The first-order valence-electron chi connectivity index (χ1n) is 20.3. The number of hydrogen-bond donors (Lipinski definition) is 0. The molecule has 0 spiro atoms. The van der Waals surface area contributed by atoms with Crippen molar-refractivity contribution < 1.29 is 0 Å². The molecule has 0 unspecified atom stereocenters. The van der Waals surface area contributed by atoms with Gasteiger partial charge < -0.3 is 4.90 Å². The minimum absolute atomic E-state index is 1.23. The van der Waals surface area contributed by atoms with Crippen LogP contribution in [0.3, 0.4) is 0 Å². The Hall–Kier alpha value is -0.250. The highest BCUT2D eigenvalue weighted by Gasteiger charge is 2.07. The van der Waals surface area contributed by atoms with Gasteiger partial charge in [-0.25, -0.2) is 0 Å². The lowest BCUT2D eigenvalue weighted by Gasteiger charge is -2.25. The van der Waals surface area contributed by atoms with Crippen LogP contribution in [0.25, 0.3) is 0 Å². The predicted octanol–water partition coefficient (Wildman–Crippen LogP) is 15.6. The van der Waals surface area contributed by atoms with E-state index >= 15 is 0 Å². The van der Waals surface area contributed by atoms with Gasteiger partial charge >= 0.3 is 0 Å². The molecule has 0 saturated heterocycles. The molecule has 0 aliphatic rings. The number of anilines is 1. The fourth-order valence-electron chi connectivity index (χ4n) is 6.72. The van der Waals surface area contributed by atoms with Crippen LogP contribution in [0.4, 0.5) is 5.69 Å². The van der Waals surface area contributed by atoms with E-state index in [1.807, 2.05) is 0 Å². The molecular formula is C42H78IN. The minimum atomic E-state index is 1.23. The average molecular weight is 724 g/mol. The summed E-state index contributed by atoms with van der Waals surface area (Å²) in [6.45, 7) is 7.09. The second kappa shape index (κ2) is 34.1. The minimum Gasteiger partial charge on any atom is -0.372 e. The van der Waals surface area contributed by atoms with E-state index in [9.17, 15) is 0 Å². The van der Waals surface area contributed by atoms with E-state index in [4.69, 9.17) is 0 Å². The van der Waals surface area contributed by atoms with E-state index in [0.29, 0.717) is 0 Å². The summed E-state index contributed by atoms with van der Waals surface area (Å²) >= 11 is 2.43. The van der Waals surface area contributed by atoms with Crippen LogP contribution in [0, 0.1) is 3.57 Å². The molecule has 0 aliphatic carbocycles. The zero-order valence-corrected chi connectivity index (χ0v) is 32.3. The lowest BCUT2D eigenvalue weighted by atomic mass is 10.0. The van der Waals surface area contributed by atoms with Crippen molar-refractivity contribution in [1.82, 2.24) is 0 Å². The monoisotopic (exact) mass is 724 g/mol. The van der Waals surface area contributed by atoms with Gasteiger partial charge in [0.05, 0.1) is 0 Å². The molecule has 0 bridgehead atoms. The maximum Gasteiger partial charge on any atom is 0.0366 e. The Morgan fingerprint density at radius 1 is 0.341 bits per heavy atom. The third-order valence-corrected chi connectivity index (χ3v) is 10.5. The molecule has 1 aromatic rings. The first-order chi connectivity index (χ1) is 21.8. The number of hydrogen-bond acceptors (Lipinski definition) is 1. The Balaban J connectivity index is 2.01. The molecule has 0 amide bonds. The number of benzene rings is 1. The second-order valence-electron chi connectivity index (χ2n) is 14.1. The van der Waals surface area contributed by atoms with Gasteiger partial charge in [0.15, 0.2) is 0 Å². The van der Waals surface area contributed by atoms with Gasteiger partial charge in [0.25, 0.3) is 0 Å². The molecule has 0 atom stereocenters. The van der Waals surface area contributed by atoms with Crippen molar-refractivity contribution in [2.45, 2.75) is 219 Å². The third-order valence-electron chi connectivity index (χ3n) is 9.75. The molecular weight excluding hydrogens is 645 g/mol. The Morgan fingerprint density at radius 3 is 0.818 bits per heavy atom. The maximum atomic E-state index is 2.68. The van der Waals surface area contributed by atoms with Crippen LogP contribution in [0.15, 0.2) is 24.3 Å². The van der Waals surface area contributed by atoms with Crippen molar-refractivity contribution in [3.8, 4) is 0 Å². The highest BCUT2D eigenvalue weighted by molar-refractivity contribution is 14.1. The van der Waals surface area contributed by atoms with Crippen molar-refractivity contribution in [2.75, 3.05) is 18.0 Å². The second-order valence-corrected chi connectivity index (χ2v) is 15.3. The van der Waals surface area contributed by atoms with Gasteiger partial charge in [-0.05, 0) is 59.7 Å². The largest absolute Gasteiger partial charge is 0.372 e. The highest BCUT2D eigenvalue weighted by Crippen LogP contribution is 2.20. The van der Waals surface area contributed by atoms with Crippen LogP contribution in [0.2, 0.25) is 0 Å². The molecule has 0 radical (unpaired) electrons. The van der Waals surface area contributed by atoms with Gasteiger partial charge in [0, 0.05) is 22.3 Å². The van der Waals surface area contributed by atoms with Gasteiger partial charge in [-0.2, -0.15) is 0 Å². The summed E-state index contributed by atoms with van der Waals surface area (Å²) in [5.74, 6) is 0. The standard InChI is InChI=1S/C42H78IN/c1-3-5-7-9-11-13-15-17-19-21-23-25-27-29-31-33-39-44(42-37-35-41(43)36-38-42)40-34-32-30-28-26-24-22-20-18-16-14-12-10-8-6-4-2/h35-38H,3-34,39-40H2,1-2H3. The van der Waals surface area contributed by atoms with Gasteiger partial charge in [-0.15, -0.1) is 0 Å². The molecule has 0 N–H and O–H groups in total. The predicted molar refractivity (Wildman–Crippen MR) is 210 cm³/mol. The first kappa shape index (κ1) is 41.8. The van der Waals surface area contributed by atoms with Crippen LogP contribution in [-0.4, -0.2) is 13.1 Å². The van der Waals surface area contributed by atoms with Crippen LogP contribution in [0.5, 0.6) is 0 Å². The maximum absolute atomic E-state index is 2.68. The van der Waals surface area contributed by atoms with Gasteiger partial charge in [0.2, 0.25) is 0 Å². The SMILES string of the molecule is CCCCCCCCCCCCCCCCCCN(CCCCCCCCCCCCCCCCCC)c1ccc(I)cc1. The highest BCUT2D eigenvalue weighted by atomic mass is 127. The number of halogens is 1. The zero-order valence-electron chi connectivity index (χ0n) is 30.2. The van der Waals surface area contributed by atoms with E-state index in [0.717, 1.165) is 0 Å². The molecule has 258 valence electrons. The molecule has 0 saturated carbocycles. The zero-order chi connectivity index (χ0) is 31.6. The Morgan fingerprint density at radius 2 is 0.568 bits per heavy atom. The lowest BCUT2D eigenvalue weighted by Crippen LogP contribution is -2.25. The number of unbranched alkanes of at least 4 members (excludes halogenated alkanes) is 30. The topological polar surface area (TPSA) is 3.24 Å². The number of nitrogens with zero attached hydrogens (tertiary/aromatic N) is 1. The Bertz CT molecular complexity index is 635. The van der Waals surface area contributed by atoms with Crippen molar-refractivity contribution in [3.05, 3.63) is 27.8 Å². The molecule has 0 fully saturated rings.